The molecular formula is C22H28N2O2S2. The van der Waals surface area contributed by atoms with Crippen LogP contribution in [-0.2, 0) is 4.74 Å². The molecule has 0 aromatic heterocycles. The Balaban J connectivity index is 2.11. The number of methoxy groups -OCH3 is 1. The molecule has 0 bridgehead atoms. The van der Waals surface area contributed by atoms with E-state index < -0.39 is 0 Å². The first-order valence-electron chi connectivity index (χ1n) is 9.62. The number of ether oxygens (including phenoxy) is 1. The molecule has 0 amide bonds. The molecule has 1 aliphatic rings. The second kappa shape index (κ2) is 9.72. The van der Waals surface area contributed by atoms with Gasteiger partial charge < -0.3 is 9.64 Å². The molecule has 6 heteroatoms. The molecule has 1 heterocycles. The second-order valence-corrected chi connectivity index (χ2v) is 8.94. The lowest BCUT2D eigenvalue weighted by atomic mass is 10.1. The van der Waals surface area contributed by atoms with Gasteiger partial charge in [0.2, 0.25) is 0 Å². The van der Waals surface area contributed by atoms with Gasteiger partial charge in [-0.1, -0.05) is 38.0 Å². The standard InChI is InChI=1S/C22H28N2O2S2/c1-5-6-10-17-15-24(16-11-8-7-9-12-16)19-14-20(27-4)18(22(25)26-3)13-21(19)28-23(17)2/h7-9,11-14,17H,5-6,10,15H2,1-4H3. The van der Waals surface area contributed by atoms with E-state index in [1.165, 1.54) is 25.6 Å². The first-order valence-corrected chi connectivity index (χ1v) is 11.6. The summed E-state index contributed by atoms with van der Waals surface area (Å²) in [6.45, 7) is 3.16. The van der Waals surface area contributed by atoms with Crippen molar-refractivity contribution < 1.29 is 9.53 Å². The Hall–Kier alpha value is -1.63. The Bertz CT molecular complexity index is 814. The lowest BCUT2D eigenvalue weighted by molar-refractivity contribution is 0.0596. The Morgan fingerprint density at radius 1 is 1.29 bits per heavy atom. The minimum atomic E-state index is -0.284. The number of esters is 1. The van der Waals surface area contributed by atoms with Crippen LogP contribution in [0.5, 0.6) is 0 Å². The molecular weight excluding hydrogens is 388 g/mol. The molecule has 0 radical (unpaired) electrons. The zero-order valence-corrected chi connectivity index (χ0v) is 18.6. The highest BCUT2D eigenvalue weighted by atomic mass is 32.2. The number of carbonyl (C=O) groups excluding carboxylic acids is 1. The van der Waals surface area contributed by atoms with Crippen LogP contribution in [-0.4, -0.2) is 43.3 Å². The average Bonchev–Trinajstić information content (AvgIpc) is 2.86. The molecule has 4 nitrogen and oxygen atoms in total. The van der Waals surface area contributed by atoms with Gasteiger partial charge >= 0.3 is 5.97 Å². The topological polar surface area (TPSA) is 32.8 Å². The fourth-order valence-electron chi connectivity index (χ4n) is 3.49. The molecule has 1 atom stereocenters. The van der Waals surface area contributed by atoms with Crippen molar-refractivity contribution in [1.82, 2.24) is 4.31 Å². The van der Waals surface area contributed by atoms with Crippen molar-refractivity contribution in [3.05, 3.63) is 48.0 Å². The summed E-state index contributed by atoms with van der Waals surface area (Å²) < 4.78 is 7.37. The lowest BCUT2D eigenvalue weighted by Crippen LogP contribution is -2.35. The number of rotatable bonds is 6. The predicted molar refractivity (Wildman–Crippen MR) is 120 cm³/mol. The smallest absolute Gasteiger partial charge is 0.339 e. The maximum absolute atomic E-state index is 12.3. The third-order valence-corrected chi connectivity index (χ3v) is 6.97. The van der Waals surface area contributed by atoms with Gasteiger partial charge in [0.25, 0.3) is 0 Å². The summed E-state index contributed by atoms with van der Waals surface area (Å²) in [6, 6.07) is 15.1. The number of unbranched alkanes of at least 4 members (excludes halogenated alkanes) is 1. The van der Waals surface area contributed by atoms with E-state index in [0.717, 1.165) is 28.4 Å². The summed E-state index contributed by atoms with van der Waals surface area (Å²) >= 11 is 3.31. The number of thioether (sulfide) groups is 1. The SMILES string of the molecule is CCCCC1CN(c2ccccc2)c2cc(SC)c(C(=O)OC)cc2SN1C. The molecule has 0 saturated carbocycles. The lowest BCUT2D eigenvalue weighted by Gasteiger charge is -2.30. The van der Waals surface area contributed by atoms with E-state index in [0.29, 0.717) is 11.6 Å². The van der Waals surface area contributed by atoms with Gasteiger partial charge in [0.05, 0.1) is 18.4 Å². The maximum atomic E-state index is 12.3. The monoisotopic (exact) mass is 416 g/mol. The van der Waals surface area contributed by atoms with Gasteiger partial charge in [-0.05, 0) is 55.9 Å². The minimum Gasteiger partial charge on any atom is -0.465 e. The van der Waals surface area contributed by atoms with Gasteiger partial charge in [0, 0.05) is 28.1 Å². The zero-order chi connectivity index (χ0) is 20.1. The third kappa shape index (κ3) is 4.50. The summed E-state index contributed by atoms with van der Waals surface area (Å²) in [7, 11) is 3.60. The molecule has 3 rings (SSSR count). The van der Waals surface area contributed by atoms with E-state index in [-0.39, 0.29) is 5.97 Å². The third-order valence-electron chi connectivity index (χ3n) is 5.09. The number of nitrogens with zero attached hydrogens (tertiary/aromatic N) is 2. The average molecular weight is 417 g/mol. The largest absolute Gasteiger partial charge is 0.465 e. The molecule has 0 aliphatic carbocycles. The Labute approximate surface area is 176 Å². The highest BCUT2D eigenvalue weighted by Gasteiger charge is 2.29. The van der Waals surface area contributed by atoms with Crippen molar-refractivity contribution in [1.29, 1.82) is 0 Å². The van der Waals surface area contributed by atoms with Crippen LogP contribution in [0.4, 0.5) is 11.4 Å². The molecule has 28 heavy (non-hydrogen) atoms. The number of para-hydroxylation sites is 1. The van der Waals surface area contributed by atoms with Crippen LogP contribution in [0.1, 0.15) is 36.5 Å². The fraction of sp³-hybridized carbons (Fsp3) is 0.409. The first-order chi connectivity index (χ1) is 13.6. The molecule has 0 saturated heterocycles. The Morgan fingerprint density at radius 2 is 2.04 bits per heavy atom. The predicted octanol–water partition coefficient (Wildman–Crippen LogP) is 5.84. The second-order valence-electron chi connectivity index (χ2n) is 6.89. The molecule has 2 aromatic rings. The number of hydrogen-bond acceptors (Lipinski definition) is 6. The normalized spacial score (nSPS) is 17.1. The van der Waals surface area contributed by atoms with Crippen LogP contribution in [0.3, 0.4) is 0 Å². The molecule has 1 aliphatic heterocycles. The van der Waals surface area contributed by atoms with Crippen molar-refractivity contribution in [3.63, 3.8) is 0 Å². The van der Waals surface area contributed by atoms with Gasteiger partial charge in [0.1, 0.15) is 0 Å². The Kier molecular flexibility index (Phi) is 7.32. The maximum Gasteiger partial charge on any atom is 0.339 e. The highest BCUT2D eigenvalue weighted by Crippen LogP contribution is 2.43. The van der Waals surface area contributed by atoms with Gasteiger partial charge in [-0.25, -0.2) is 9.10 Å². The molecule has 2 aromatic carbocycles. The number of fused-ring (bicyclic) bond motifs is 1. The summed E-state index contributed by atoms with van der Waals surface area (Å²) in [6.07, 6.45) is 5.55. The van der Waals surface area contributed by atoms with Gasteiger partial charge in [0.15, 0.2) is 0 Å². The van der Waals surface area contributed by atoms with Crippen LogP contribution in [0, 0.1) is 0 Å². The van der Waals surface area contributed by atoms with E-state index in [1.54, 1.807) is 23.7 Å². The van der Waals surface area contributed by atoms with Crippen LogP contribution in [0.15, 0.2) is 52.3 Å². The number of likely N-dealkylation sites (N-methyl/N-ethyl adjacent to an activating group) is 1. The fourth-order valence-corrected chi connectivity index (χ4v) is 5.15. The van der Waals surface area contributed by atoms with E-state index in [2.05, 4.69) is 53.5 Å². The van der Waals surface area contributed by atoms with Crippen molar-refractivity contribution in [3.8, 4) is 0 Å². The molecule has 0 fully saturated rings. The minimum absolute atomic E-state index is 0.284. The first kappa shape index (κ1) is 21.1. The number of hydrogen-bond donors (Lipinski definition) is 0. The molecule has 0 spiro atoms. The van der Waals surface area contributed by atoms with E-state index in [9.17, 15) is 4.79 Å². The summed E-state index contributed by atoms with van der Waals surface area (Å²) in [5.74, 6) is -0.284. The van der Waals surface area contributed by atoms with E-state index in [1.807, 2.05) is 18.4 Å². The van der Waals surface area contributed by atoms with Crippen molar-refractivity contribution in [2.45, 2.75) is 42.0 Å². The summed E-state index contributed by atoms with van der Waals surface area (Å²) in [5, 5.41) is 0. The van der Waals surface area contributed by atoms with Crippen LogP contribution in [0.2, 0.25) is 0 Å². The van der Waals surface area contributed by atoms with Crippen LogP contribution < -0.4 is 4.90 Å². The Morgan fingerprint density at radius 3 is 2.68 bits per heavy atom. The van der Waals surface area contributed by atoms with Crippen LogP contribution >= 0.6 is 23.7 Å². The van der Waals surface area contributed by atoms with Crippen molar-refractivity contribution in [2.24, 2.45) is 0 Å². The zero-order valence-electron chi connectivity index (χ0n) is 17.0. The van der Waals surface area contributed by atoms with Crippen molar-refractivity contribution in [2.75, 3.05) is 31.9 Å². The summed E-state index contributed by atoms with van der Waals surface area (Å²) in [4.78, 5) is 16.8. The van der Waals surface area contributed by atoms with Crippen LogP contribution in [0.25, 0.3) is 0 Å². The van der Waals surface area contributed by atoms with Gasteiger partial charge in [-0.3, -0.25) is 0 Å². The highest BCUT2D eigenvalue weighted by molar-refractivity contribution is 7.98. The molecule has 1 unspecified atom stereocenters. The quantitative estimate of drug-likeness (QED) is 0.334. The van der Waals surface area contributed by atoms with Gasteiger partial charge in [-0.2, -0.15) is 0 Å². The van der Waals surface area contributed by atoms with E-state index in [4.69, 9.17) is 4.74 Å². The number of benzene rings is 2. The molecule has 150 valence electrons. The van der Waals surface area contributed by atoms with E-state index >= 15 is 0 Å². The summed E-state index contributed by atoms with van der Waals surface area (Å²) in [5.41, 5.74) is 2.97. The number of carbonyl (C=O) groups is 1. The molecule has 0 N–H and O–H groups in total. The van der Waals surface area contributed by atoms with Crippen molar-refractivity contribution >= 4 is 41.1 Å². The van der Waals surface area contributed by atoms with Gasteiger partial charge in [-0.15, -0.1) is 11.8 Å². The number of anilines is 2.